The first-order valence-corrected chi connectivity index (χ1v) is 6.82. The Morgan fingerprint density at radius 3 is 2.29 bits per heavy atom. The second-order valence-electron chi connectivity index (χ2n) is 4.24. The van der Waals surface area contributed by atoms with E-state index >= 15 is 0 Å². The van der Waals surface area contributed by atoms with Crippen LogP contribution in [0.1, 0.15) is 38.5 Å². The molecular weight excluding hydrogens is 280 g/mol. The Balaban J connectivity index is 0.000000153. The largest absolute Gasteiger partial charge is 0.384 e. The summed E-state index contributed by atoms with van der Waals surface area (Å²) >= 11 is 3.24. The summed E-state index contributed by atoms with van der Waals surface area (Å²) < 4.78 is 2.41. The molecule has 1 aliphatic rings. The Morgan fingerprint density at radius 2 is 1.71 bits per heavy atom. The molecule has 0 bridgehead atoms. The Labute approximate surface area is 109 Å². The number of halogens is 1. The van der Waals surface area contributed by atoms with Crippen LogP contribution in [-0.2, 0) is 0 Å². The highest BCUT2D eigenvalue weighted by Gasteiger charge is 1.98. The molecule has 1 aliphatic carbocycles. The Kier molecular flexibility index (Phi) is 4.36. The van der Waals surface area contributed by atoms with Crippen molar-refractivity contribution in [2.45, 2.75) is 38.5 Å². The first kappa shape index (κ1) is 12.4. The van der Waals surface area contributed by atoms with Crippen LogP contribution in [0.4, 0.5) is 5.82 Å². The molecule has 0 spiro atoms. The third-order valence-corrected chi connectivity index (χ3v) is 3.20. The molecular formula is C12H17BrN4. The lowest BCUT2D eigenvalue weighted by Crippen LogP contribution is -1.93. The second-order valence-corrected chi connectivity index (χ2v) is 5.06. The molecule has 92 valence electrons. The summed E-state index contributed by atoms with van der Waals surface area (Å²) in [7, 11) is 0. The molecule has 2 N–H and O–H groups in total. The minimum Gasteiger partial charge on any atom is -0.384 e. The van der Waals surface area contributed by atoms with Crippen LogP contribution in [0.5, 0.6) is 0 Å². The second kappa shape index (κ2) is 6.00. The predicted octanol–water partition coefficient (Wildman–Crippen LogP) is 3.41. The van der Waals surface area contributed by atoms with Crippen molar-refractivity contribution in [3.63, 3.8) is 0 Å². The van der Waals surface area contributed by atoms with Gasteiger partial charge in [0.2, 0.25) is 0 Å². The molecule has 0 aromatic carbocycles. The van der Waals surface area contributed by atoms with Crippen molar-refractivity contribution >= 4 is 27.4 Å². The third-order valence-electron chi connectivity index (χ3n) is 2.82. The van der Waals surface area contributed by atoms with Crippen molar-refractivity contribution in [3.8, 4) is 0 Å². The minimum atomic E-state index is 0.505. The summed E-state index contributed by atoms with van der Waals surface area (Å²) in [5.74, 6) is 0.505. The molecule has 17 heavy (non-hydrogen) atoms. The third kappa shape index (κ3) is 3.70. The van der Waals surface area contributed by atoms with Gasteiger partial charge in [0.05, 0.1) is 0 Å². The number of hydrogen-bond acceptors (Lipinski definition) is 3. The zero-order valence-corrected chi connectivity index (χ0v) is 11.4. The van der Waals surface area contributed by atoms with Crippen LogP contribution in [0.25, 0.3) is 5.65 Å². The van der Waals surface area contributed by atoms with Gasteiger partial charge in [0.1, 0.15) is 10.4 Å². The van der Waals surface area contributed by atoms with Crippen molar-refractivity contribution in [3.05, 3.63) is 22.9 Å². The summed E-state index contributed by atoms with van der Waals surface area (Å²) in [6, 6.07) is 3.50. The molecule has 1 fully saturated rings. The number of hydrogen-bond donors (Lipinski definition) is 1. The van der Waals surface area contributed by atoms with Gasteiger partial charge in [-0.25, -0.2) is 9.50 Å². The van der Waals surface area contributed by atoms with Gasteiger partial charge in [-0.3, -0.25) is 0 Å². The molecule has 4 nitrogen and oxygen atoms in total. The molecule has 3 rings (SSSR count). The van der Waals surface area contributed by atoms with Crippen LogP contribution in [0.2, 0.25) is 0 Å². The lowest BCUT2D eigenvalue weighted by molar-refractivity contribution is 0.504. The number of anilines is 1. The van der Waals surface area contributed by atoms with Crippen molar-refractivity contribution in [1.82, 2.24) is 14.6 Å². The van der Waals surface area contributed by atoms with Gasteiger partial charge in [-0.05, 0) is 22.0 Å². The fraction of sp³-hybridized carbons (Fsp3) is 0.500. The van der Waals surface area contributed by atoms with E-state index in [2.05, 4.69) is 26.0 Å². The van der Waals surface area contributed by atoms with Crippen LogP contribution < -0.4 is 5.73 Å². The smallest absolute Gasteiger partial charge is 0.158 e. The molecule has 0 aliphatic heterocycles. The van der Waals surface area contributed by atoms with Gasteiger partial charge in [-0.2, -0.15) is 5.10 Å². The molecule has 0 saturated heterocycles. The van der Waals surface area contributed by atoms with E-state index in [9.17, 15) is 0 Å². The maximum atomic E-state index is 5.47. The Bertz CT molecular complexity index is 465. The van der Waals surface area contributed by atoms with Gasteiger partial charge < -0.3 is 5.73 Å². The number of rotatable bonds is 0. The van der Waals surface area contributed by atoms with Gasteiger partial charge in [-0.15, -0.1) is 0 Å². The average molecular weight is 297 g/mol. The van der Waals surface area contributed by atoms with E-state index in [4.69, 9.17) is 5.73 Å². The number of nitrogens with two attached hydrogens (primary N) is 1. The van der Waals surface area contributed by atoms with E-state index in [-0.39, 0.29) is 0 Å². The van der Waals surface area contributed by atoms with Crippen molar-refractivity contribution in [2.75, 3.05) is 5.73 Å². The maximum Gasteiger partial charge on any atom is 0.158 e. The minimum absolute atomic E-state index is 0.505. The summed E-state index contributed by atoms with van der Waals surface area (Å²) in [5, 5.41) is 4.07. The zero-order valence-electron chi connectivity index (χ0n) is 9.77. The van der Waals surface area contributed by atoms with Gasteiger partial charge in [0.15, 0.2) is 5.65 Å². The highest BCUT2D eigenvalue weighted by atomic mass is 79.9. The molecule has 2 heterocycles. The summed E-state index contributed by atoms with van der Waals surface area (Å²) in [5.41, 5.74) is 6.21. The normalized spacial score (nSPS) is 15.4. The summed E-state index contributed by atoms with van der Waals surface area (Å²) in [6.45, 7) is 0. The number of fused-ring (bicyclic) bond motifs is 1. The van der Waals surface area contributed by atoms with E-state index in [1.807, 2.05) is 0 Å². The lowest BCUT2D eigenvalue weighted by Gasteiger charge is -2.05. The fourth-order valence-electron chi connectivity index (χ4n) is 1.93. The monoisotopic (exact) mass is 296 g/mol. The van der Waals surface area contributed by atoms with E-state index in [0.29, 0.717) is 5.82 Å². The molecule has 2 aromatic heterocycles. The zero-order chi connectivity index (χ0) is 12.1. The summed E-state index contributed by atoms with van der Waals surface area (Å²) in [4.78, 5) is 4.04. The van der Waals surface area contributed by atoms with Crippen LogP contribution in [0.15, 0.2) is 22.9 Å². The summed E-state index contributed by atoms with van der Waals surface area (Å²) in [6.07, 6.45) is 10.8. The molecule has 5 heteroatoms. The quantitative estimate of drug-likeness (QED) is 0.810. The number of nitrogen functional groups attached to an aromatic ring is 1. The molecule has 0 amide bonds. The lowest BCUT2D eigenvalue weighted by atomic mass is 10.0. The van der Waals surface area contributed by atoms with Gasteiger partial charge in [0.25, 0.3) is 0 Å². The van der Waals surface area contributed by atoms with Crippen molar-refractivity contribution in [2.24, 2.45) is 0 Å². The van der Waals surface area contributed by atoms with Crippen molar-refractivity contribution in [1.29, 1.82) is 0 Å². The predicted molar refractivity (Wildman–Crippen MR) is 72.8 cm³/mol. The number of nitrogens with zero attached hydrogens (tertiary/aromatic N) is 3. The first-order valence-electron chi connectivity index (χ1n) is 6.03. The van der Waals surface area contributed by atoms with Gasteiger partial charge >= 0.3 is 0 Å². The van der Waals surface area contributed by atoms with Crippen LogP contribution >= 0.6 is 15.9 Å². The van der Waals surface area contributed by atoms with E-state index in [1.54, 1.807) is 22.8 Å². The van der Waals surface area contributed by atoms with Crippen molar-refractivity contribution < 1.29 is 0 Å². The topological polar surface area (TPSA) is 56.2 Å². The number of aromatic nitrogens is 3. The molecule has 0 unspecified atom stereocenters. The Morgan fingerprint density at radius 1 is 1.12 bits per heavy atom. The SMILES string of the molecule is C1CCCCC1.Nc1ccn2nc(Br)cc2n1. The van der Waals surface area contributed by atoms with E-state index < -0.39 is 0 Å². The molecule has 0 radical (unpaired) electrons. The highest BCUT2D eigenvalue weighted by Crippen LogP contribution is 2.15. The maximum absolute atomic E-state index is 5.47. The van der Waals surface area contributed by atoms with Gasteiger partial charge in [-0.1, -0.05) is 38.5 Å². The van der Waals surface area contributed by atoms with Gasteiger partial charge in [0, 0.05) is 12.3 Å². The Hall–Kier alpha value is -1.10. The van der Waals surface area contributed by atoms with E-state index in [1.165, 1.54) is 38.5 Å². The fourth-order valence-corrected chi connectivity index (χ4v) is 2.30. The first-order chi connectivity index (χ1) is 8.25. The standard InChI is InChI=1S/C6H5BrN4.C6H12/c7-4-3-6-9-5(8)1-2-11(6)10-4;1-2-4-6-5-3-1/h1-3H,(H2,8,9);1-6H2. The van der Waals surface area contributed by atoms with Crippen LogP contribution in [-0.4, -0.2) is 14.6 Å². The highest BCUT2D eigenvalue weighted by molar-refractivity contribution is 9.10. The molecule has 0 atom stereocenters. The van der Waals surface area contributed by atoms with E-state index in [0.717, 1.165) is 10.3 Å². The van der Waals surface area contributed by atoms with Crippen LogP contribution in [0.3, 0.4) is 0 Å². The molecule has 1 saturated carbocycles. The molecule has 2 aromatic rings. The average Bonchev–Trinajstić information content (AvgIpc) is 2.71. The van der Waals surface area contributed by atoms with Crippen LogP contribution in [0, 0.1) is 0 Å².